The Labute approximate surface area is 126 Å². The van der Waals surface area contributed by atoms with Crippen molar-refractivity contribution in [1.82, 2.24) is 19.3 Å². The number of aryl methyl sites for hydroxylation is 2. The molecule has 0 radical (unpaired) electrons. The smallest absolute Gasteiger partial charge is 0.271 e. The Morgan fingerprint density at radius 2 is 2.05 bits per heavy atom. The number of aromatic nitrogens is 4. The number of nitrogens with one attached hydrogen (secondary N) is 1. The third kappa shape index (κ3) is 2.95. The lowest BCUT2D eigenvalue weighted by Crippen LogP contribution is -2.13. The molecule has 0 aliphatic rings. The van der Waals surface area contributed by atoms with Gasteiger partial charge >= 0.3 is 0 Å². The van der Waals surface area contributed by atoms with Crippen LogP contribution in [-0.4, -0.2) is 19.3 Å². The average Bonchev–Trinajstić information content (AvgIpc) is 3.04. The number of H-pyrrole nitrogens is 1. The van der Waals surface area contributed by atoms with Crippen LogP contribution in [0, 0.1) is 6.92 Å². The molecule has 2 aromatic heterocycles. The Bertz CT molecular complexity index is 798. The molecule has 0 spiro atoms. The number of imidazole rings is 1. The molecule has 6 heteroatoms. The van der Waals surface area contributed by atoms with E-state index in [4.69, 9.17) is 0 Å². The summed E-state index contributed by atoms with van der Waals surface area (Å²) >= 11 is 1.59. The van der Waals surface area contributed by atoms with Crippen LogP contribution in [-0.2, 0) is 12.8 Å². The summed E-state index contributed by atoms with van der Waals surface area (Å²) in [4.78, 5) is 16.3. The Kier molecular flexibility index (Phi) is 3.70. The van der Waals surface area contributed by atoms with E-state index < -0.39 is 0 Å². The Morgan fingerprint density at radius 1 is 1.29 bits per heavy atom. The van der Waals surface area contributed by atoms with Gasteiger partial charge in [0.2, 0.25) is 0 Å². The van der Waals surface area contributed by atoms with Crippen molar-refractivity contribution < 1.29 is 0 Å². The summed E-state index contributed by atoms with van der Waals surface area (Å²) in [5, 5.41) is 4.07. The minimum atomic E-state index is -0.0470. The normalized spacial score (nSPS) is 11.0. The van der Waals surface area contributed by atoms with Crippen LogP contribution in [0.3, 0.4) is 0 Å². The summed E-state index contributed by atoms with van der Waals surface area (Å²) in [6, 6.07) is 9.48. The molecule has 1 aromatic carbocycles. The van der Waals surface area contributed by atoms with Gasteiger partial charge in [0.1, 0.15) is 0 Å². The third-order valence-corrected chi connectivity index (χ3v) is 4.31. The molecule has 0 saturated carbocycles. The van der Waals surface area contributed by atoms with Crippen LogP contribution in [0.25, 0.3) is 5.69 Å². The van der Waals surface area contributed by atoms with Crippen LogP contribution in [0.2, 0.25) is 0 Å². The molecule has 21 heavy (non-hydrogen) atoms. The van der Waals surface area contributed by atoms with E-state index in [-0.39, 0.29) is 5.56 Å². The second-order valence-corrected chi connectivity index (χ2v) is 5.84. The van der Waals surface area contributed by atoms with Crippen LogP contribution < -0.4 is 5.56 Å². The first-order valence-corrected chi connectivity index (χ1v) is 7.60. The molecule has 5 nitrogen and oxygen atoms in total. The van der Waals surface area contributed by atoms with Crippen molar-refractivity contribution in [3.05, 3.63) is 64.3 Å². The molecule has 2 heterocycles. The number of benzene rings is 1. The van der Waals surface area contributed by atoms with Crippen molar-refractivity contribution in [2.75, 3.05) is 0 Å². The number of aromatic amines is 1. The van der Waals surface area contributed by atoms with E-state index in [1.54, 1.807) is 28.7 Å². The van der Waals surface area contributed by atoms with Gasteiger partial charge in [-0.1, -0.05) is 29.5 Å². The molecule has 0 fully saturated rings. The summed E-state index contributed by atoms with van der Waals surface area (Å²) in [5.74, 6) is 0.680. The molecule has 0 aliphatic heterocycles. The number of nitrogens with zero attached hydrogens (tertiary/aromatic N) is 3. The van der Waals surface area contributed by atoms with Crippen molar-refractivity contribution in [3.63, 3.8) is 0 Å². The Balaban J connectivity index is 1.80. The highest BCUT2D eigenvalue weighted by atomic mass is 32.2. The second-order valence-electron chi connectivity index (χ2n) is 4.90. The van der Waals surface area contributed by atoms with E-state index in [1.165, 1.54) is 5.56 Å². The summed E-state index contributed by atoms with van der Waals surface area (Å²) in [5.41, 5.74) is 2.85. The third-order valence-electron chi connectivity index (χ3n) is 3.20. The fourth-order valence-electron chi connectivity index (χ4n) is 2.04. The van der Waals surface area contributed by atoms with Crippen molar-refractivity contribution in [2.24, 2.45) is 7.05 Å². The highest BCUT2D eigenvalue weighted by Crippen LogP contribution is 2.19. The minimum absolute atomic E-state index is 0.0470. The van der Waals surface area contributed by atoms with E-state index in [0.29, 0.717) is 5.75 Å². The van der Waals surface area contributed by atoms with E-state index in [0.717, 1.165) is 16.5 Å². The molecular weight excluding hydrogens is 284 g/mol. The summed E-state index contributed by atoms with van der Waals surface area (Å²) < 4.78 is 3.52. The zero-order valence-corrected chi connectivity index (χ0v) is 12.7. The summed E-state index contributed by atoms with van der Waals surface area (Å²) in [6.07, 6.45) is 3.67. The fraction of sp³-hybridized carbons (Fsp3) is 0.200. The Hall–Kier alpha value is -2.21. The lowest BCUT2D eigenvalue weighted by molar-refractivity contribution is 0.788. The monoisotopic (exact) mass is 300 g/mol. The van der Waals surface area contributed by atoms with Crippen LogP contribution >= 0.6 is 11.8 Å². The molecule has 0 unspecified atom stereocenters. The Morgan fingerprint density at radius 3 is 2.71 bits per heavy atom. The molecule has 108 valence electrons. The van der Waals surface area contributed by atoms with Gasteiger partial charge in [-0.2, -0.15) is 0 Å². The predicted molar refractivity (Wildman–Crippen MR) is 83.9 cm³/mol. The maximum absolute atomic E-state index is 12.1. The maximum atomic E-state index is 12.1. The maximum Gasteiger partial charge on any atom is 0.271 e. The second kappa shape index (κ2) is 5.65. The average molecular weight is 300 g/mol. The number of rotatable bonds is 4. The fourth-order valence-corrected chi connectivity index (χ4v) is 2.87. The topological polar surface area (TPSA) is 55.6 Å². The molecule has 1 N–H and O–H groups in total. The molecule has 0 aliphatic carbocycles. The van der Waals surface area contributed by atoms with Gasteiger partial charge in [0.15, 0.2) is 5.16 Å². The standard InChI is InChI=1S/C15H16N4OS/c1-11-3-5-13(6-4-11)19-14(20)9-12(17-19)10-21-15-16-7-8-18(15)2/h3-9,17H,10H2,1-2H3. The van der Waals surface area contributed by atoms with E-state index in [2.05, 4.69) is 10.1 Å². The van der Waals surface area contributed by atoms with Crippen molar-refractivity contribution in [1.29, 1.82) is 0 Å². The quantitative estimate of drug-likeness (QED) is 0.753. The molecule has 0 amide bonds. The van der Waals surface area contributed by atoms with E-state index >= 15 is 0 Å². The summed E-state index contributed by atoms with van der Waals surface area (Å²) in [7, 11) is 1.95. The van der Waals surface area contributed by atoms with Gasteiger partial charge in [-0.15, -0.1) is 0 Å². The van der Waals surface area contributed by atoms with Crippen LogP contribution in [0.1, 0.15) is 11.3 Å². The summed E-state index contributed by atoms with van der Waals surface area (Å²) in [6.45, 7) is 2.02. The van der Waals surface area contributed by atoms with Crippen LogP contribution in [0.4, 0.5) is 0 Å². The molecule has 0 bridgehead atoms. The minimum Gasteiger partial charge on any atom is -0.329 e. The van der Waals surface area contributed by atoms with Gasteiger partial charge in [0.25, 0.3) is 5.56 Å². The van der Waals surface area contributed by atoms with E-state index in [1.807, 2.05) is 49.0 Å². The highest BCUT2D eigenvalue weighted by molar-refractivity contribution is 7.98. The number of hydrogen-bond donors (Lipinski definition) is 1. The van der Waals surface area contributed by atoms with Crippen LogP contribution in [0.5, 0.6) is 0 Å². The molecule has 0 atom stereocenters. The zero-order valence-electron chi connectivity index (χ0n) is 11.9. The largest absolute Gasteiger partial charge is 0.329 e. The first-order valence-electron chi connectivity index (χ1n) is 6.61. The van der Waals surface area contributed by atoms with Gasteiger partial charge in [-0.05, 0) is 19.1 Å². The molecule has 3 rings (SSSR count). The van der Waals surface area contributed by atoms with Gasteiger partial charge < -0.3 is 4.57 Å². The number of thioether (sulfide) groups is 1. The first-order chi connectivity index (χ1) is 10.1. The number of hydrogen-bond acceptors (Lipinski definition) is 3. The lowest BCUT2D eigenvalue weighted by atomic mass is 10.2. The predicted octanol–water partition coefficient (Wildman–Crippen LogP) is 2.50. The van der Waals surface area contributed by atoms with Crippen molar-refractivity contribution >= 4 is 11.8 Å². The van der Waals surface area contributed by atoms with Gasteiger partial charge in [0.05, 0.1) is 5.69 Å². The van der Waals surface area contributed by atoms with Crippen molar-refractivity contribution in [2.45, 2.75) is 17.8 Å². The first kappa shape index (κ1) is 13.8. The van der Waals surface area contributed by atoms with Gasteiger partial charge in [-0.25, -0.2) is 9.67 Å². The van der Waals surface area contributed by atoms with Gasteiger partial charge in [0, 0.05) is 37.0 Å². The SMILES string of the molecule is Cc1ccc(-n2[nH]c(CSc3nccn3C)cc2=O)cc1. The van der Waals surface area contributed by atoms with E-state index in [9.17, 15) is 4.79 Å². The lowest BCUT2D eigenvalue weighted by Gasteiger charge is -2.03. The highest BCUT2D eigenvalue weighted by Gasteiger charge is 2.07. The molecule has 3 aromatic rings. The molecular formula is C15H16N4OS. The van der Waals surface area contributed by atoms with Gasteiger partial charge in [-0.3, -0.25) is 9.89 Å². The van der Waals surface area contributed by atoms with Crippen LogP contribution in [0.15, 0.2) is 52.7 Å². The molecule has 0 saturated heterocycles. The zero-order chi connectivity index (χ0) is 14.8. The van der Waals surface area contributed by atoms with Crippen molar-refractivity contribution in [3.8, 4) is 5.69 Å².